The van der Waals surface area contributed by atoms with Crippen LogP contribution in [0.4, 0.5) is 0 Å². The lowest BCUT2D eigenvalue weighted by atomic mass is 9.94. The zero-order chi connectivity index (χ0) is 40.5. The summed E-state index contributed by atoms with van der Waals surface area (Å²) in [7, 11) is 4.04. The van der Waals surface area contributed by atoms with Gasteiger partial charge in [0.15, 0.2) is 0 Å². The third-order valence-corrected chi connectivity index (χ3v) is 10.1. The van der Waals surface area contributed by atoms with Crippen molar-refractivity contribution in [2.24, 2.45) is 5.92 Å². The zero-order valence-corrected chi connectivity index (χ0v) is 36.6. The van der Waals surface area contributed by atoms with Gasteiger partial charge in [-0.3, -0.25) is 14.4 Å². The Balaban J connectivity index is 4.44. The van der Waals surface area contributed by atoms with Crippen LogP contribution in [0.1, 0.15) is 207 Å². The minimum absolute atomic E-state index is 0.0302. The molecule has 0 rings (SSSR count). The lowest BCUT2D eigenvalue weighted by molar-refractivity contribution is -0.150. The molecule has 7 nitrogen and oxygen atoms in total. The molecule has 0 fully saturated rings. The first kappa shape index (κ1) is 52.6. The number of hydrogen-bond acceptors (Lipinski definition) is 7. The summed E-state index contributed by atoms with van der Waals surface area (Å²) in [5, 5.41) is 0. The molecule has 0 heterocycles. The molecule has 0 amide bonds. The molecule has 55 heavy (non-hydrogen) atoms. The third-order valence-electron chi connectivity index (χ3n) is 10.1. The van der Waals surface area contributed by atoms with Crippen molar-refractivity contribution in [1.82, 2.24) is 4.90 Å². The highest BCUT2D eigenvalue weighted by atomic mass is 16.5. The first-order valence-corrected chi connectivity index (χ1v) is 22.9. The maximum atomic E-state index is 12.7. The van der Waals surface area contributed by atoms with Gasteiger partial charge in [-0.25, -0.2) is 0 Å². The molecule has 0 saturated heterocycles. The SMILES string of the molecule is CC/C=C/CCCC(CCC/C=C/CC)OC(=O)CCCCCCCC(CCCCCCCC(=O)OC/C=C/CCCCCC)COC(=O)CCCN(C)C. The molecule has 1 atom stereocenters. The van der Waals surface area contributed by atoms with Gasteiger partial charge >= 0.3 is 17.9 Å². The van der Waals surface area contributed by atoms with Crippen LogP contribution in [-0.4, -0.2) is 62.8 Å². The van der Waals surface area contributed by atoms with Crippen molar-refractivity contribution in [2.75, 3.05) is 33.9 Å². The van der Waals surface area contributed by atoms with E-state index in [0.717, 1.165) is 148 Å². The Kier molecular flexibility index (Phi) is 39.4. The van der Waals surface area contributed by atoms with E-state index in [0.29, 0.717) is 38.4 Å². The lowest BCUT2D eigenvalue weighted by Crippen LogP contribution is -2.18. The molecule has 0 aromatic carbocycles. The van der Waals surface area contributed by atoms with Crippen LogP contribution in [0.2, 0.25) is 0 Å². The summed E-state index contributed by atoms with van der Waals surface area (Å²) in [4.78, 5) is 39.3. The maximum Gasteiger partial charge on any atom is 0.306 e. The van der Waals surface area contributed by atoms with E-state index in [-0.39, 0.29) is 24.0 Å². The highest BCUT2D eigenvalue weighted by Crippen LogP contribution is 2.21. The highest BCUT2D eigenvalue weighted by molar-refractivity contribution is 5.70. The largest absolute Gasteiger partial charge is 0.465 e. The molecule has 0 radical (unpaired) electrons. The van der Waals surface area contributed by atoms with Gasteiger partial charge in [0.25, 0.3) is 0 Å². The number of ether oxygens (including phenoxy) is 3. The van der Waals surface area contributed by atoms with Crippen molar-refractivity contribution in [3.05, 3.63) is 36.5 Å². The first-order valence-electron chi connectivity index (χ1n) is 22.9. The summed E-state index contributed by atoms with van der Waals surface area (Å²) in [5.41, 5.74) is 0. The molecule has 0 aromatic heterocycles. The number of rotatable bonds is 40. The van der Waals surface area contributed by atoms with E-state index in [2.05, 4.69) is 56.1 Å². The number of allylic oxidation sites excluding steroid dienone is 5. The van der Waals surface area contributed by atoms with Crippen molar-refractivity contribution in [3.63, 3.8) is 0 Å². The third kappa shape index (κ3) is 39.6. The molecular formula is C48H87NO6. The number of esters is 3. The number of carbonyl (C=O) groups excluding carboxylic acids is 3. The second-order valence-corrected chi connectivity index (χ2v) is 15.8. The fourth-order valence-electron chi connectivity index (χ4n) is 6.69. The minimum Gasteiger partial charge on any atom is -0.465 e. The molecule has 0 saturated carbocycles. The Hall–Kier alpha value is -2.41. The van der Waals surface area contributed by atoms with Crippen molar-refractivity contribution in [1.29, 1.82) is 0 Å². The Morgan fingerprint density at radius 1 is 0.491 bits per heavy atom. The Morgan fingerprint density at radius 3 is 1.56 bits per heavy atom. The molecule has 0 aromatic rings. The predicted octanol–water partition coefficient (Wildman–Crippen LogP) is 13.2. The van der Waals surface area contributed by atoms with E-state index in [4.69, 9.17) is 14.2 Å². The average Bonchev–Trinajstić information content (AvgIpc) is 3.16. The standard InChI is InChI=1S/C48H87NO6/c1-6-9-12-15-16-25-32-42-53-46(50)38-30-23-17-21-26-34-44(43-54-47(51)40-33-41-49(4)5)35-27-22-18-24-31-39-48(52)55-45(36-28-19-13-10-7-2)37-29-20-14-11-8-3/h10-11,13-14,25,32,44-45H,6-9,12,15-24,26-31,33-43H2,1-5H3/b13-10+,14-11+,32-25+. The summed E-state index contributed by atoms with van der Waals surface area (Å²) in [6, 6.07) is 0. The Morgan fingerprint density at radius 2 is 0.982 bits per heavy atom. The number of nitrogens with zero attached hydrogens (tertiary/aromatic N) is 1. The summed E-state index contributed by atoms with van der Waals surface area (Å²) in [6.45, 7) is 8.31. The van der Waals surface area contributed by atoms with Gasteiger partial charge in [-0.15, -0.1) is 0 Å². The van der Waals surface area contributed by atoms with Crippen molar-refractivity contribution < 1.29 is 28.6 Å². The summed E-state index contributed by atoms with van der Waals surface area (Å²) in [5.74, 6) is 0.160. The average molecular weight is 774 g/mol. The number of unbranched alkanes of at least 4 members (excludes halogenated alkanes) is 14. The monoisotopic (exact) mass is 774 g/mol. The van der Waals surface area contributed by atoms with E-state index >= 15 is 0 Å². The molecule has 7 heteroatoms. The van der Waals surface area contributed by atoms with Crippen molar-refractivity contribution in [2.45, 2.75) is 213 Å². The smallest absolute Gasteiger partial charge is 0.306 e. The summed E-state index contributed by atoms with van der Waals surface area (Å²) >= 11 is 0. The molecule has 0 N–H and O–H groups in total. The van der Waals surface area contributed by atoms with Crippen molar-refractivity contribution in [3.8, 4) is 0 Å². The summed E-state index contributed by atoms with van der Waals surface area (Å²) < 4.78 is 17.1. The van der Waals surface area contributed by atoms with Crippen LogP contribution in [0.5, 0.6) is 0 Å². The molecule has 0 aliphatic carbocycles. The first-order chi connectivity index (χ1) is 26.8. The van der Waals surface area contributed by atoms with Gasteiger partial charge in [0.05, 0.1) is 6.61 Å². The predicted molar refractivity (Wildman–Crippen MR) is 232 cm³/mol. The van der Waals surface area contributed by atoms with Crippen LogP contribution in [-0.2, 0) is 28.6 Å². The van der Waals surface area contributed by atoms with E-state index in [1.807, 2.05) is 20.2 Å². The lowest BCUT2D eigenvalue weighted by Gasteiger charge is -2.18. The van der Waals surface area contributed by atoms with Gasteiger partial charge in [-0.2, -0.15) is 0 Å². The molecular weight excluding hydrogens is 687 g/mol. The van der Waals surface area contributed by atoms with E-state index < -0.39 is 0 Å². The van der Waals surface area contributed by atoms with Crippen LogP contribution in [0, 0.1) is 5.92 Å². The zero-order valence-electron chi connectivity index (χ0n) is 36.6. The quantitative estimate of drug-likeness (QED) is 0.0265. The van der Waals surface area contributed by atoms with Gasteiger partial charge in [-0.05, 0) is 123 Å². The van der Waals surface area contributed by atoms with Crippen LogP contribution in [0.3, 0.4) is 0 Å². The topological polar surface area (TPSA) is 82.1 Å². The second-order valence-electron chi connectivity index (χ2n) is 15.8. The molecule has 0 aliphatic heterocycles. The number of hydrogen-bond donors (Lipinski definition) is 0. The molecule has 1 unspecified atom stereocenters. The van der Waals surface area contributed by atoms with Crippen molar-refractivity contribution >= 4 is 17.9 Å². The maximum absolute atomic E-state index is 12.7. The highest BCUT2D eigenvalue weighted by Gasteiger charge is 2.15. The van der Waals surface area contributed by atoms with Crippen LogP contribution >= 0.6 is 0 Å². The second kappa shape index (κ2) is 41.2. The molecule has 0 bridgehead atoms. The van der Waals surface area contributed by atoms with E-state index in [1.54, 1.807) is 0 Å². The van der Waals surface area contributed by atoms with Crippen LogP contribution < -0.4 is 0 Å². The molecule has 0 spiro atoms. The van der Waals surface area contributed by atoms with Gasteiger partial charge < -0.3 is 19.1 Å². The molecule has 320 valence electrons. The van der Waals surface area contributed by atoms with Gasteiger partial charge in [-0.1, -0.05) is 128 Å². The van der Waals surface area contributed by atoms with E-state index in [1.165, 1.54) is 25.7 Å². The van der Waals surface area contributed by atoms with Gasteiger partial charge in [0, 0.05) is 19.3 Å². The normalized spacial score (nSPS) is 12.5. The fraction of sp³-hybridized carbons (Fsp3) is 0.812. The van der Waals surface area contributed by atoms with Gasteiger partial charge in [0.1, 0.15) is 12.7 Å². The number of carbonyl (C=O) groups is 3. The Labute approximate surface area is 339 Å². The van der Waals surface area contributed by atoms with Crippen LogP contribution in [0.25, 0.3) is 0 Å². The fourth-order valence-corrected chi connectivity index (χ4v) is 6.69. The van der Waals surface area contributed by atoms with Crippen LogP contribution in [0.15, 0.2) is 36.5 Å². The summed E-state index contributed by atoms with van der Waals surface area (Å²) in [6.07, 6.45) is 42.3. The van der Waals surface area contributed by atoms with Gasteiger partial charge in [0.2, 0.25) is 0 Å². The molecule has 0 aliphatic rings. The Bertz CT molecular complexity index is 953. The minimum atomic E-state index is -0.0975. The van der Waals surface area contributed by atoms with E-state index in [9.17, 15) is 14.4 Å².